The molecule has 0 aromatic heterocycles. The van der Waals surface area contributed by atoms with Crippen LogP contribution in [0.5, 0.6) is 0 Å². The first kappa shape index (κ1) is 9.74. The van der Waals surface area contributed by atoms with E-state index in [4.69, 9.17) is 10.6 Å². The fourth-order valence-corrected chi connectivity index (χ4v) is 0.335. The molecule has 0 bridgehead atoms. The average molecular weight is 159 g/mol. The van der Waals surface area contributed by atoms with Gasteiger partial charge in [0.25, 0.3) is 0 Å². The van der Waals surface area contributed by atoms with Gasteiger partial charge < -0.3 is 9.84 Å². The number of azide groups is 1. The first-order chi connectivity index (χ1) is 5.22. The molecule has 1 N–H and O–H groups in total. The van der Waals surface area contributed by atoms with Crippen LogP contribution in [0.2, 0.25) is 0 Å². The predicted octanol–water partition coefficient (Wildman–Crippen LogP) is 0.426. The number of carbonyl (C=O) groups excluding carboxylic acids is 1. The SMILES string of the molecule is CC(CO)C(=O)OCN=[N+]=[N-]. The Morgan fingerprint density at radius 1 is 1.91 bits per heavy atom. The van der Waals surface area contributed by atoms with Gasteiger partial charge in [0.15, 0.2) is 6.73 Å². The molecule has 0 heterocycles. The van der Waals surface area contributed by atoms with Gasteiger partial charge in [-0.1, -0.05) is 5.11 Å². The lowest BCUT2D eigenvalue weighted by Crippen LogP contribution is -2.17. The Balaban J connectivity index is 3.60. The Kier molecular flexibility index (Phi) is 4.89. The summed E-state index contributed by atoms with van der Waals surface area (Å²) in [7, 11) is 0. The van der Waals surface area contributed by atoms with Gasteiger partial charge in [-0.2, -0.15) is 0 Å². The quantitative estimate of drug-likeness (QED) is 0.279. The van der Waals surface area contributed by atoms with Gasteiger partial charge in [0.1, 0.15) is 0 Å². The van der Waals surface area contributed by atoms with Crippen molar-refractivity contribution in [2.45, 2.75) is 6.92 Å². The van der Waals surface area contributed by atoms with Crippen molar-refractivity contribution in [2.24, 2.45) is 11.0 Å². The fraction of sp³-hybridized carbons (Fsp3) is 0.800. The molecular weight excluding hydrogens is 150 g/mol. The van der Waals surface area contributed by atoms with Crippen molar-refractivity contribution in [3.8, 4) is 0 Å². The topological polar surface area (TPSA) is 95.3 Å². The zero-order valence-electron chi connectivity index (χ0n) is 6.10. The van der Waals surface area contributed by atoms with Crippen LogP contribution in [-0.2, 0) is 9.53 Å². The van der Waals surface area contributed by atoms with Crippen LogP contribution in [0, 0.1) is 5.92 Å². The van der Waals surface area contributed by atoms with Crippen LogP contribution in [-0.4, -0.2) is 24.4 Å². The number of hydrogen-bond acceptors (Lipinski definition) is 4. The Hall–Kier alpha value is -1.26. The Morgan fingerprint density at radius 3 is 3.00 bits per heavy atom. The van der Waals surface area contributed by atoms with E-state index in [2.05, 4.69) is 14.8 Å². The van der Waals surface area contributed by atoms with Gasteiger partial charge in [-0.25, -0.2) is 0 Å². The molecule has 0 rings (SSSR count). The maximum atomic E-state index is 10.7. The van der Waals surface area contributed by atoms with Gasteiger partial charge in [0.2, 0.25) is 0 Å². The van der Waals surface area contributed by atoms with Crippen LogP contribution < -0.4 is 0 Å². The molecule has 0 spiro atoms. The number of aliphatic hydroxyl groups is 1. The summed E-state index contributed by atoms with van der Waals surface area (Å²) in [5, 5.41) is 11.4. The maximum Gasteiger partial charge on any atom is 0.311 e. The molecule has 11 heavy (non-hydrogen) atoms. The van der Waals surface area contributed by atoms with Crippen LogP contribution in [0.1, 0.15) is 6.92 Å². The van der Waals surface area contributed by atoms with E-state index in [1.807, 2.05) is 0 Å². The molecule has 0 aliphatic heterocycles. The zero-order valence-corrected chi connectivity index (χ0v) is 6.10. The Morgan fingerprint density at radius 2 is 2.55 bits per heavy atom. The highest BCUT2D eigenvalue weighted by molar-refractivity contribution is 5.71. The van der Waals surface area contributed by atoms with Gasteiger partial charge in [-0.15, -0.1) is 0 Å². The number of carbonyl (C=O) groups is 1. The predicted molar refractivity (Wildman–Crippen MR) is 36.4 cm³/mol. The second-order valence-corrected chi connectivity index (χ2v) is 1.91. The second-order valence-electron chi connectivity index (χ2n) is 1.91. The fourth-order valence-electron chi connectivity index (χ4n) is 0.335. The van der Waals surface area contributed by atoms with E-state index in [1.165, 1.54) is 6.92 Å². The van der Waals surface area contributed by atoms with E-state index < -0.39 is 11.9 Å². The summed E-state index contributed by atoms with van der Waals surface area (Å²) >= 11 is 0. The molecule has 0 aliphatic carbocycles. The standard InChI is InChI=1S/C5H9N3O3/c1-4(2-9)5(10)11-3-7-8-6/h4,9H,2-3H2,1H3. The van der Waals surface area contributed by atoms with Crippen LogP contribution >= 0.6 is 0 Å². The van der Waals surface area contributed by atoms with Gasteiger partial charge in [0.05, 0.1) is 12.5 Å². The summed E-state index contributed by atoms with van der Waals surface area (Å²) in [6, 6.07) is 0. The molecular formula is C5H9N3O3. The molecule has 6 heteroatoms. The van der Waals surface area contributed by atoms with Crippen molar-refractivity contribution in [3.63, 3.8) is 0 Å². The highest BCUT2D eigenvalue weighted by atomic mass is 16.5. The van der Waals surface area contributed by atoms with Gasteiger partial charge in [-0.05, 0) is 12.5 Å². The smallest absolute Gasteiger partial charge is 0.311 e. The summed E-state index contributed by atoms with van der Waals surface area (Å²) < 4.78 is 4.42. The summed E-state index contributed by atoms with van der Waals surface area (Å²) in [4.78, 5) is 13.1. The largest absolute Gasteiger partial charge is 0.459 e. The van der Waals surface area contributed by atoms with Crippen LogP contribution in [0.4, 0.5) is 0 Å². The zero-order chi connectivity index (χ0) is 8.69. The number of hydrogen-bond donors (Lipinski definition) is 1. The average Bonchev–Trinajstić information content (AvgIpc) is 2.03. The first-order valence-electron chi connectivity index (χ1n) is 3.00. The lowest BCUT2D eigenvalue weighted by Gasteiger charge is -2.04. The highest BCUT2D eigenvalue weighted by Gasteiger charge is 2.11. The molecule has 0 saturated heterocycles. The van der Waals surface area contributed by atoms with E-state index in [0.717, 1.165) is 0 Å². The number of rotatable bonds is 4. The second kappa shape index (κ2) is 5.52. The molecule has 0 fully saturated rings. The molecule has 0 amide bonds. The summed E-state index contributed by atoms with van der Waals surface area (Å²) in [6.07, 6.45) is 0. The molecule has 1 atom stereocenters. The molecule has 0 aromatic rings. The third kappa shape index (κ3) is 4.19. The van der Waals surface area contributed by atoms with Gasteiger partial charge in [0, 0.05) is 4.91 Å². The third-order valence-corrected chi connectivity index (χ3v) is 1.00. The highest BCUT2D eigenvalue weighted by Crippen LogP contribution is 1.95. The van der Waals surface area contributed by atoms with E-state index in [1.54, 1.807) is 0 Å². The summed E-state index contributed by atoms with van der Waals surface area (Å²) in [6.45, 7) is 0.924. The minimum Gasteiger partial charge on any atom is -0.459 e. The van der Waals surface area contributed by atoms with E-state index in [0.29, 0.717) is 0 Å². The van der Waals surface area contributed by atoms with Crippen LogP contribution in [0.15, 0.2) is 5.11 Å². The van der Waals surface area contributed by atoms with Crippen molar-refractivity contribution in [3.05, 3.63) is 10.4 Å². The molecule has 0 aliphatic rings. The normalized spacial score (nSPS) is 11.5. The summed E-state index contributed by atoms with van der Waals surface area (Å²) in [5.41, 5.74) is 7.79. The van der Waals surface area contributed by atoms with E-state index in [9.17, 15) is 4.79 Å². The molecule has 1 unspecified atom stereocenters. The molecule has 6 nitrogen and oxygen atoms in total. The number of esters is 1. The lowest BCUT2D eigenvalue weighted by molar-refractivity contribution is -0.148. The Labute approximate surface area is 63.4 Å². The maximum absolute atomic E-state index is 10.7. The summed E-state index contributed by atoms with van der Waals surface area (Å²) in [5.74, 6) is -1.14. The number of nitrogens with zero attached hydrogens (tertiary/aromatic N) is 3. The molecule has 0 aromatic carbocycles. The molecule has 0 radical (unpaired) electrons. The number of ether oxygens (including phenoxy) is 1. The monoisotopic (exact) mass is 159 g/mol. The van der Waals surface area contributed by atoms with Gasteiger partial charge in [-0.3, -0.25) is 4.79 Å². The van der Waals surface area contributed by atoms with Crippen LogP contribution in [0.25, 0.3) is 10.4 Å². The lowest BCUT2D eigenvalue weighted by atomic mass is 10.2. The Bertz CT molecular complexity index is 176. The van der Waals surface area contributed by atoms with Crippen molar-refractivity contribution in [1.82, 2.24) is 0 Å². The molecule has 62 valence electrons. The van der Waals surface area contributed by atoms with Crippen LogP contribution in [0.3, 0.4) is 0 Å². The van der Waals surface area contributed by atoms with Crippen molar-refractivity contribution in [2.75, 3.05) is 13.3 Å². The van der Waals surface area contributed by atoms with Crippen molar-refractivity contribution in [1.29, 1.82) is 0 Å². The minimum absolute atomic E-state index is 0.269. The van der Waals surface area contributed by atoms with Crippen molar-refractivity contribution < 1.29 is 14.6 Å². The van der Waals surface area contributed by atoms with Crippen molar-refractivity contribution >= 4 is 5.97 Å². The third-order valence-electron chi connectivity index (χ3n) is 1.00. The van der Waals surface area contributed by atoms with E-state index in [-0.39, 0.29) is 13.3 Å². The van der Waals surface area contributed by atoms with Gasteiger partial charge >= 0.3 is 5.97 Å². The minimum atomic E-state index is -0.570. The first-order valence-corrected chi connectivity index (χ1v) is 3.00. The molecule has 0 saturated carbocycles. The van der Waals surface area contributed by atoms with E-state index >= 15 is 0 Å². The number of aliphatic hydroxyl groups excluding tert-OH is 1.